The van der Waals surface area contributed by atoms with Crippen molar-refractivity contribution in [2.75, 3.05) is 26.9 Å². The normalized spacial score (nSPS) is 14.5. The van der Waals surface area contributed by atoms with Gasteiger partial charge in [0.1, 0.15) is 0 Å². The molecular formula is C23H37O6PS. The van der Waals surface area contributed by atoms with Crippen LogP contribution in [0, 0.1) is 0 Å². The van der Waals surface area contributed by atoms with E-state index in [1.165, 1.54) is 25.7 Å². The van der Waals surface area contributed by atoms with E-state index in [2.05, 4.69) is 11.4 Å². The third-order valence-corrected chi connectivity index (χ3v) is 6.57. The molecule has 0 saturated heterocycles. The van der Waals surface area contributed by atoms with Gasteiger partial charge in [-0.05, 0) is 12.0 Å². The lowest BCUT2D eigenvalue weighted by Crippen LogP contribution is -2.20. The van der Waals surface area contributed by atoms with Crippen LogP contribution < -0.4 is 0 Å². The molecule has 1 aromatic rings. The minimum Gasteiger partial charge on any atom is -0.376 e. The molecule has 1 rings (SSSR count). The Kier molecular flexibility index (Phi) is 15.9. The minimum atomic E-state index is -4.09. The van der Waals surface area contributed by atoms with Crippen LogP contribution >= 0.6 is 19.6 Å². The highest BCUT2D eigenvalue weighted by Crippen LogP contribution is 2.42. The van der Waals surface area contributed by atoms with Crippen LogP contribution in [0.5, 0.6) is 0 Å². The van der Waals surface area contributed by atoms with Crippen LogP contribution in [0.15, 0.2) is 36.4 Å². The Morgan fingerprint density at radius 2 is 1.77 bits per heavy atom. The second-order valence-electron chi connectivity index (χ2n) is 7.28. The fourth-order valence-electron chi connectivity index (χ4n) is 2.83. The lowest BCUT2D eigenvalue weighted by atomic mass is 10.1. The van der Waals surface area contributed by atoms with Gasteiger partial charge in [0.25, 0.3) is 0 Å². The maximum atomic E-state index is 12.3. The molecule has 0 aliphatic rings. The second kappa shape index (κ2) is 17.6. The topological polar surface area (TPSA) is 82.1 Å². The number of phosphoric ester groups is 1. The van der Waals surface area contributed by atoms with Crippen molar-refractivity contribution in [3.05, 3.63) is 42.0 Å². The molecule has 1 N–H and O–H groups in total. The molecule has 0 aromatic heterocycles. The highest BCUT2D eigenvalue weighted by Gasteiger charge is 2.23. The number of phosphoric acid groups is 1. The number of benzene rings is 1. The van der Waals surface area contributed by atoms with Gasteiger partial charge in [-0.2, -0.15) is 0 Å². The number of hydrogen-bond donors (Lipinski definition) is 1. The second-order valence-corrected chi connectivity index (χ2v) is 10.2. The van der Waals surface area contributed by atoms with E-state index < -0.39 is 7.82 Å². The molecule has 1 aromatic carbocycles. The highest BCUT2D eigenvalue weighted by molar-refractivity contribution is 8.14. The van der Waals surface area contributed by atoms with Gasteiger partial charge in [0.15, 0.2) is 5.12 Å². The molecule has 176 valence electrons. The van der Waals surface area contributed by atoms with E-state index in [-0.39, 0.29) is 23.6 Å². The first-order chi connectivity index (χ1) is 15.0. The zero-order chi connectivity index (χ0) is 22.8. The van der Waals surface area contributed by atoms with Crippen molar-refractivity contribution in [2.24, 2.45) is 0 Å². The fraction of sp³-hybridized carbons (Fsp3) is 0.609. The van der Waals surface area contributed by atoms with Crippen LogP contribution in [0.1, 0.15) is 63.9 Å². The van der Waals surface area contributed by atoms with E-state index in [1.54, 1.807) is 0 Å². The van der Waals surface area contributed by atoms with E-state index >= 15 is 0 Å². The zero-order valence-corrected chi connectivity index (χ0v) is 20.5. The molecule has 0 aliphatic heterocycles. The first kappa shape index (κ1) is 28.1. The Balaban J connectivity index is 2.37. The van der Waals surface area contributed by atoms with Gasteiger partial charge in [0.05, 0.1) is 25.1 Å². The summed E-state index contributed by atoms with van der Waals surface area (Å²) >= 11 is 1.12. The molecule has 31 heavy (non-hydrogen) atoms. The van der Waals surface area contributed by atoms with Crippen LogP contribution in [0.3, 0.4) is 0 Å². The molecule has 0 fully saturated rings. The predicted octanol–water partition coefficient (Wildman–Crippen LogP) is 6.25. The summed E-state index contributed by atoms with van der Waals surface area (Å²) < 4.78 is 26.6. The maximum Gasteiger partial charge on any atom is 0.471 e. The van der Waals surface area contributed by atoms with Gasteiger partial charge in [-0.3, -0.25) is 13.8 Å². The lowest BCUT2D eigenvalue weighted by molar-refractivity contribution is -0.111. The fourth-order valence-corrected chi connectivity index (χ4v) is 4.34. The van der Waals surface area contributed by atoms with E-state index in [9.17, 15) is 14.3 Å². The quantitative estimate of drug-likeness (QED) is 0.200. The molecule has 0 radical (unpaired) electrons. The summed E-state index contributed by atoms with van der Waals surface area (Å²) in [7, 11) is -2.98. The van der Waals surface area contributed by atoms with Crippen molar-refractivity contribution < 1.29 is 28.0 Å². The van der Waals surface area contributed by atoms with E-state index in [4.69, 9.17) is 9.26 Å². The number of carbonyl (C=O) groups excluding carboxylic acids is 1. The Bertz CT molecular complexity index is 667. The number of hydrogen-bond acceptors (Lipinski definition) is 6. The highest BCUT2D eigenvalue weighted by atomic mass is 32.2. The molecule has 2 atom stereocenters. The monoisotopic (exact) mass is 472 g/mol. The Morgan fingerprint density at radius 1 is 1.10 bits per heavy atom. The zero-order valence-electron chi connectivity index (χ0n) is 18.7. The van der Waals surface area contributed by atoms with Crippen molar-refractivity contribution in [2.45, 2.75) is 63.5 Å². The summed E-state index contributed by atoms with van der Waals surface area (Å²) in [4.78, 5) is 21.8. The number of carbonyl (C=O) groups is 1. The molecular weight excluding hydrogens is 435 g/mol. The lowest BCUT2D eigenvalue weighted by Gasteiger charge is -2.17. The van der Waals surface area contributed by atoms with E-state index in [0.29, 0.717) is 13.0 Å². The SMILES string of the molecule is CCCCCCCCCC(=O)S[C@H](COC/C=C/c1ccccc1)COP(=O)(O)OC. The smallest absolute Gasteiger partial charge is 0.376 e. The van der Waals surface area contributed by atoms with Gasteiger partial charge in [-0.25, -0.2) is 4.57 Å². The van der Waals surface area contributed by atoms with Gasteiger partial charge >= 0.3 is 7.82 Å². The molecule has 0 heterocycles. The summed E-state index contributed by atoms with van der Waals surface area (Å²) in [6.07, 6.45) is 12.4. The Morgan fingerprint density at radius 3 is 2.45 bits per heavy atom. The van der Waals surface area contributed by atoms with Crippen molar-refractivity contribution in [1.82, 2.24) is 0 Å². The third kappa shape index (κ3) is 15.5. The Labute approximate surface area is 191 Å². The summed E-state index contributed by atoms with van der Waals surface area (Å²) in [5.41, 5.74) is 1.08. The predicted molar refractivity (Wildman–Crippen MR) is 128 cm³/mol. The Hall–Kier alpha value is -0.950. The van der Waals surface area contributed by atoms with Gasteiger partial charge in [-0.1, -0.05) is 99.7 Å². The van der Waals surface area contributed by atoms with Crippen LogP contribution in [0.2, 0.25) is 0 Å². The van der Waals surface area contributed by atoms with Crippen molar-refractivity contribution in [3.8, 4) is 0 Å². The number of thioether (sulfide) groups is 1. The minimum absolute atomic E-state index is 0.0516. The summed E-state index contributed by atoms with van der Waals surface area (Å²) in [6.45, 7) is 2.70. The number of ether oxygens (including phenoxy) is 1. The van der Waals surface area contributed by atoms with Crippen LogP contribution in [0.25, 0.3) is 6.08 Å². The standard InChI is InChI=1S/C23H37O6PS/c1-3-4-5-6-7-8-12-17-23(24)31-22(20-29-30(25,26)27-2)19-28-18-13-16-21-14-10-9-11-15-21/h9-11,13-16,22H,3-8,12,17-20H2,1-2H3,(H,25,26)/b16-13+/t22-/m1/s1. The van der Waals surface area contributed by atoms with Gasteiger partial charge < -0.3 is 9.63 Å². The summed E-state index contributed by atoms with van der Waals surface area (Å²) in [5.74, 6) is 0. The molecule has 0 spiro atoms. The first-order valence-corrected chi connectivity index (χ1v) is 13.4. The largest absolute Gasteiger partial charge is 0.471 e. The summed E-state index contributed by atoms with van der Waals surface area (Å²) in [6, 6.07) is 9.87. The van der Waals surface area contributed by atoms with Gasteiger partial charge in [0, 0.05) is 13.5 Å². The van der Waals surface area contributed by atoms with E-state index in [1.807, 2.05) is 42.5 Å². The number of rotatable bonds is 18. The van der Waals surface area contributed by atoms with Crippen molar-refractivity contribution >= 4 is 30.8 Å². The first-order valence-electron chi connectivity index (χ1n) is 11.0. The molecule has 8 heteroatoms. The molecule has 0 bridgehead atoms. The molecule has 0 amide bonds. The average molecular weight is 473 g/mol. The molecule has 6 nitrogen and oxygen atoms in total. The van der Waals surface area contributed by atoms with Gasteiger partial charge in [0.2, 0.25) is 0 Å². The van der Waals surface area contributed by atoms with Gasteiger partial charge in [-0.15, -0.1) is 0 Å². The summed E-state index contributed by atoms with van der Waals surface area (Å²) in [5, 5.41) is -0.325. The van der Waals surface area contributed by atoms with Crippen LogP contribution in [0.4, 0.5) is 0 Å². The maximum absolute atomic E-state index is 12.3. The van der Waals surface area contributed by atoms with Crippen LogP contribution in [-0.4, -0.2) is 42.2 Å². The molecule has 1 unspecified atom stereocenters. The number of unbranched alkanes of at least 4 members (excludes halogenated alkanes) is 6. The van der Waals surface area contributed by atoms with Crippen molar-refractivity contribution in [3.63, 3.8) is 0 Å². The molecule has 0 aliphatic carbocycles. The van der Waals surface area contributed by atoms with Crippen LogP contribution in [-0.2, 0) is 23.1 Å². The van der Waals surface area contributed by atoms with Crippen molar-refractivity contribution in [1.29, 1.82) is 0 Å². The van der Waals surface area contributed by atoms with E-state index in [0.717, 1.165) is 43.7 Å². The molecule has 0 saturated carbocycles. The average Bonchev–Trinajstić information content (AvgIpc) is 2.77. The third-order valence-electron chi connectivity index (χ3n) is 4.56.